The molecule has 0 aliphatic carbocycles. The Morgan fingerprint density at radius 3 is 2.63 bits per heavy atom. The Balaban J connectivity index is 1.56. The van der Waals surface area contributed by atoms with Gasteiger partial charge in [0.05, 0.1) is 5.56 Å². The fraction of sp³-hybridized carbons (Fsp3) is 0.450. The van der Waals surface area contributed by atoms with E-state index in [4.69, 9.17) is 0 Å². The van der Waals surface area contributed by atoms with Crippen LogP contribution in [0.25, 0.3) is 10.9 Å². The molecule has 142 valence electrons. The van der Waals surface area contributed by atoms with E-state index in [1.165, 1.54) is 24.3 Å². The van der Waals surface area contributed by atoms with E-state index >= 15 is 0 Å². The van der Waals surface area contributed by atoms with Gasteiger partial charge in [-0.25, -0.2) is 4.39 Å². The lowest BCUT2D eigenvalue weighted by atomic mass is 9.73. The minimum absolute atomic E-state index is 0.0955. The van der Waals surface area contributed by atoms with Crippen molar-refractivity contribution in [1.29, 1.82) is 0 Å². The fourth-order valence-electron chi connectivity index (χ4n) is 4.32. The van der Waals surface area contributed by atoms with E-state index in [9.17, 15) is 18.8 Å². The first-order valence-corrected chi connectivity index (χ1v) is 9.34. The summed E-state index contributed by atoms with van der Waals surface area (Å²) in [5, 5.41) is 3.33. The van der Waals surface area contributed by atoms with Crippen molar-refractivity contribution in [2.45, 2.75) is 32.1 Å². The van der Waals surface area contributed by atoms with E-state index in [0.717, 1.165) is 25.7 Å². The number of likely N-dealkylation sites (tertiary alicyclic amines) is 1. The van der Waals surface area contributed by atoms with Crippen LogP contribution in [0, 0.1) is 11.2 Å². The second-order valence-corrected chi connectivity index (χ2v) is 7.63. The van der Waals surface area contributed by atoms with Crippen molar-refractivity contribution in [1.82, 2.24) is 15.2 Å². The number of nitrogens with zero attached hydrogens (tertiary/aromatic N) is 1. The summed E-state index contributed by atoms with van der Waals surface area (Å²) in [6.45, 7) is 1.85. The van der Waals surface area contributed by atoms with Crippen molar-refractivity contribution in [3.63, 3.8) is 0 Å². The molecule has 27 heavy (non-hydrogen) atoms. The highest BCUT2D eigenvalue weighted by atomic mass is 19.1. The molecule has 0 radical (unpaired) electrons. The molecule has 2 saturated heterocycles. The molecule has 2 aliphatic rings. The Hall–Kier alpha value is -2.70. The Morgan fingerprint density at radius 1 is 1.07 bits per heavy atom. The SMILES string of the molecule is O=C1CCC2(CCN1)CCN(C(=O)c1cc(=O)[nH]c3ccc(F)cc13)CC2. The van der Waals surface area contributed by atoms with Crippen molar-refractivity contribution in [3.8, 4) is 0 Å². The molecule has 1 spiro atoms. The Bertz CT molecular complexity index is 961. The molecule has 3 heterocycles. The molecule has 0 unspecified atom stereocenters. The zero-order valence-corrected chi connectivity index (χ0v) is 15.0. The van der Waals surface area contributed by atoms with Gasteiger partial charge in [0, 0.05) is 43.0 Å². The molecule has 2 aliphatic heterocycles. The minimum Gasteiger partial charge on any atom is -0.356 e. The lowest BCUT2D eigenvalue weighted by molar-refractivity contribution is -0.121. The van der Waals surface area contributed by atoms with Crippen LogP contribution in [0.4, 0.5) is 4.39 Å². The third-order valence-electron chi connectivity index (χ3n) is 6.01. The quantitative estimate of drug-likeness (QED) is 0.806. The molecular weight excluding hydrogens is 349 g/mol. The highest BCUT2D eigenvalue weighted by molar-refractivity contribution is 6.06. The molecule has 6 nitrogen and oxygen atoms in total. The van der Waals surface area contributed by atoms with Crippen molar-refractivity contribution >= 4 is 22.7 Å². The van der Waals surface area contributed by atoms with E-state index in [1.54, 1.807) is 4.90 Å². The summed E-state index contributed by atoms with van der Waals surface area (Å²) in [4.78, 5) is 41.0. The Labute approximate surface area is 155 Å². The molecule has 1 aromatic carbocycles. The molecule has 2 N–H and O–H groups in total. The molecule has 7 heteroatoms. The van der Waals surface area contributed by atoms with Crippen LogP contribution in [0.1, 0.15) is 42.5 Å². The highest BCUT2D eigenvalue weighted by Gasteiger charge is 2.37. The second kappa shape index (κ2) is 6.79. The van der Waals surface area contributed by atoms with Crippen LogP contribution in [0.3, 0.4) is 0 Å². The summed E-state index contributed by atoms with van der Waals surface area (Å²) >= 11 is 0. The van der Waals surface area contributed by atoms with E-state index < -0.39 is 5.82 Å². The average molecular weight is 371 g/mol. The van der Waals surface area contributed by atoms with Gasteiger partial charge < -0.3 is 15.2 Å². The third kappa shape index (κ3) is 3.46. The molecule has 0 bridgehead atoms. The van der Waals surface area contributed by atoms with Crippen LogP contribution in [0.2, 0.25) is 0 Å². The third-order valence-corrected chi connectivity index (χ3v) is 6.01. The van der Waals surface area contributed by atoms with E-state index in [1.807, 2.05) is 0 Å². The Morgan fingerprint density at radius 2 is 1.85 bits per heavy atom. The first kappa shape index (κ1) is 17.7. The summed E-state index contributed by atoms with van der Waals surface area (Å²) in [7, 11) is 0. The number of aromatic nitrogens is 1. The van der Waals surface area contributed by atoms with Gasteiger partial charge in [0.2, 0.25) is 11.5 Å². The smallest absolute Gasteiger partial charge is 0.254 e. The summed E-state index contributed by atoms with van der Waals surface area (Å²) in [6.07, 6.45) is 3.98. The van der Waals surface area contributed by atoms with Gasteiger partial charge in [0.25, 0.3) is 5.91 Å². The number of aromatic amines is 1. The number of halogens is 1. The predicted octanol–water partition coefficient (Wildman–Crippen LogP) is 2.19. The van der Waals surface area contributed by atoms with Gasteiger partial charge in [-0.05, 0) is 49.3 Å². The summed E-state index contributed by atoms with van der Waals surface area (Å²) in [6, 6.07) is 5.28. The molecule has 2 aromatic rings. The summed E-state index contributed by atoms with van der Waals surface area (Å²) < 4.78 is 13.7. The number of rotatable bonds is 1. The van der Waals surface area contributed by atoms with Crippen molar-refractivity contribution in [2.75, 3.05) is 19.6 Å². The van der Waals surface area contributed by atoms with Crippen LogP contribution in [0.15, 0.2) is 29.1 Å². The van der Waals surface area contributed by atoms with Crippen LogP contribution in [-0.4, -0.2) is 41.3 Å². The Kier molecular flexibility index (Phi) is 4.45. The minimum atomic E-state index is -0.447. The van der Waals surface area contributed by atoms with Crippen molar-refractivity contribution in [2.24, 2.45) is 5.41 Å². The van der Waals surface area contributed by atoms with Crippen LogP contribution in [-0.2, 0) is 4.79 Å². The lowest BCUT2D eigenvalue weighted by Crippen LogP contribution is -2.43. The summed E-state index contributed by atoms with van der Waals surface area (Å²) in [5.41, 5.74) is 0.411. The molecule has 0 atom stereocenters. The molecule has 2 amide bonds. The average Bonchev–Trinajstić information content (AvgIpc) is 2.83. The van der Waals surface area contributed by atoms with Gasteiger partial charge in [-0.2, -0.15) is 0 Å². The topological polar surface area (TPSA) is 82.3 Å². The number of carbonyl (C=O) groups is 2. The number of carbonyl (C=O) groups excluding carboxylic acids is 2. The normalized spacial score (nSPS) is 19.7. The molecule has 2 fully saturated rings. The molecule has 1 aromatic heterocycles. The first-order valence-electron chi connectivity index (χ1n) is 9.34. The van der Waals surface area contributed by atoms with Gasteiger partial charge in [-0.1, -0.05) is 0 Å². The standard InChI is InChI=1S/C20H22FN3O3/c21-13-1-2-16-14(11-13)15(12-18(26)23-16)19(27)24-9-6-20(7-10-24)4-3-17(25)22-8-5-20/h1-2,11-12H,3-10H2,(H,22,25)(H,23,26). The maximum atomic E-state index is 13.7. The first-order chi connectivity index (χ1) is 13.0. The van der Waals surface area contributed by atoms with Gasteiger partial charge in [0.15, 0.2) is 0 Å². The fourth-order valence-corrected chi connectivity index (χ4v) is 4.32. The number of piperidine rings is 1. The van der Waals surface area contributed by atoms with Gasteiger partial charge >= 0.3 is 0 Å². The number of pyridine rings is 1. The lowest BCUT2D eigenvalue weighted by Gasteiger charge is -2.41. The second-order valence-electron chi connectivity index (χ2n) is 7.63. The zero-order chi connectivity index (χ0) is 19.0. The number of amides is 2. The highest BCUT2D eigenvalue weighted by Crippen LogP contribution is 2.40. The number of hydrogen-bond donors (Lipinski definition) is 2. The maximum Gasteiger partial charge on any atom is 0.254 e. The van der Waals surface area contributed by atoms with Crippen LogP contribution < -0.4 is 10.9 Å². The van der Waals surface area contributed by atoms with Crippen LogP contribution >= 0.6 is 0 Å². The van der Waals surface area contributed by atoms with E-state index in [0.29, 0.717) is 37.0 Å². The molecular formula is C20H22FN3O3. The predicted molar refractivity (Wildman–Crippen MR) is 99.0 cm³/mol. The molecule has 4 rings (SSSR count). The van der Waals surface area contributed by atoms with Gasteiger partial charge in [0.1, 0.15) is 5.82 Å². The number of hydrogen-bond acceptors (Lipinski definition) is 3. The van der Waals surface area contributed by atoms with E-state index in [2.05, 4.69) is 10.3 Å². The number of H-pyrrole nitrogens is 1. The van der Waals surface area contributed by atoms with Crippen LogP contribution in [0.5, 0.6) is 0 Å². The monoisotopic (exact) mass is 371 g/mol. The van der Waals surface area contributed by atoms with Gasteiger partial charge in [-0.15, -0.1) is 0 Å². The number of fused-ring (bicyclic) bond motifs is 1. The summed E-state index contributed by atoms with van der Waals surface area (Å²) in [5.74, 6) is -0.589. The largest absolute Gasteiger partial charge is 0.356 e. The van der Waals surface area contributed by atoms with Gasteiger partial charge in [-0.3, -0.25) is 14.4 Å². The number of nitrogens with one attached hydrogen (secondary N) is 2. The van der Waals surface area contributed by atoms with E-state index in [-0.39, 0.29) is 28.4 Å². The zero-order valence-electron chi connectivity index (χ0n) is 15.0. The van der Waals surface area contributed by atoms with Crippen molar-refractivity contribution < 1.29 is 14.0 Å². The number of benzene rings is 1. The van der Waals surface area contributed by atoms with Crippen molar-refractivity contribution in [3.05, 3.63) is 46.0 Å². The maximum absolute atomic E-state index is 13.7. The molecule has 0 saturated carbocycles.